The fourth-order valence-corrected chi connectivity index (χ4v) is 3.11. The highest BCUT2D eigenvalue weighted by molar-refractivity contribution is 5.88. The van der Waals surface area contributed by atoms with Crippen LogP contribution in [0.4, 0.5) is 0 Å². The Kier molecular flexibility index (Phi) is 9.84. The Balaban J connectivity index is 2.22. The average Bonchev–Trinajstić information content (AvgIpc) is 2.84. The van der Waals surface area contributed by atoms with Crippen LogP contribution in [0.2, 0.25) is 0 Å². The van der Waals surface area contributed by atoms with Gasteiger partial charge in [-0.2, -0.15) is 0 Å². The molecule has 0 radical (unpaired) electrons. The van der Waals surface area contributed by atoms with Gasteiger partial charge < -0.3 is 29.2 Å². The highest BCUT2D eigenvalue weighted by Crippen LogP contribution is 2.27. The predicted molar refractivity (Wildman–Crippen MR) is 126 cm³/mol. The van der Waals surface area contributed by atoms with Crippen LogP contribution < -0.4 is 24.3 Å². The molecule has 0 heterocycles. The van der Waals surface area contributed by atoms with Gasteiger partial charge in [-0.05, 0) is 38.0 Å². The molecular weight excluding hydrogens is 424 g/mol. The van der Waals surface area contributed by atoms with Crippen LogP contribution in [0.15, 0.2) is 42.5 Å². The molecule has 0 unspecified atom stereocenters. The van der Waals surface area contributed by atoms with Crippen molar-refractivity contribution in [1.29, 1.82) is 0 Å². The van der Waals surface area contributed by atoms with Gasteiger partial charge in [0.2, 0.25) is 5.91 Å². The summed E-state index contributed by atoms with van der Waals surface area (Å²) in [7, 11) is 4.66. The maximum atomic E-state index is 13.2. The molecule has 0 fully saturated rings. The van der Waals surface area contributed by atoms with Gasteiger partial charge in [-0.3, -0.25) is 9.59 Å². The van der Waals surface area contributed by atoms with E-state index in [4.69, 9.17) is 18.9 Å². The maximum Gasteiger partial charge on any atom is 0.261 e. The van der Waals surface area contributed by atoms with E-state index in [1.807, 2.05) is 38.1 Å². The van der Waals surface area contributed by atoms with Gasteiger partial charge in [0, 0.05) is 30.8 Å². The zero-order valence-electron chi connectivity index (χ0n) is 20.2. The van der Waals surface area contributed by atoms with Crippen LogP contribution in [-0.2, 0) is 16.1 Å². The number of carbonyl (C=O) groups excluding carboxylic acids is 2. The van der Waals surface area contributed by atoms with Crippen LogP contribution in [0.1, 0.15) is 32.8 Å². The number of hydrogen-bond donors (Lipinski definition) is 1. The zero-order valence-corrected chi connectivity index (χ0v) is 20.2. The summed E-state index contributed by atoms with van der Waals surface area (Å²) in [4.78, 5) is 27.5. The highest BCUT2D eigenvalue weighted by atomic mass is 16.5. The van der Waals surface area contributed by atoms with Crippen LogP contribution in [0.3, 0.4) is 0 Å². The number of amides is 2. The second-order valence-electron chi connectivity index (χ2n) is 7.70. The molecular formula is C25H34N2O6. The van der Waals surface area contributed by atoms with Crippen molar-refractivity contribution in [2.45, 2.75) is 45.8 Å². The van der Waals surface area contributed by atoms with Crippen molar-refractivity contribution in [1.82, 2.24) is 10.2 Å². The third-order valence-electron chi connectivity index (χ3n) is 5.34. The van der Waals surface area contributed by atoms with Crippen molar-refractivity contribution in [2.75, 3.05) is 27.9 Å². The number of methoxy groups -OCH3 is 3. The van der Waals surface area contributed by atoms with Gasteiger partial charge in [0.25, 0.3) is 5.91 Å². The summed E-state index contributed by atoms with van der Waals surface area (Å²) in [5, 5.41) is 2.95. The Morgan fingerprint density at radius 1 is 0.909 bits per heavy atom. The quantitative estimate of drug-likeness (QED) is 0.525. The molecule has 8 nitrogen and oxygen atoms in total. The average molecular weight is 459 g/mol. The minimum Gasteiger partial charge on any atom is -0.497 e. The van der Waals surface area contributed by atoms with Crippen molar-refractivity contribution in [3.05, 3.63) is 48.0 Å². The molecule has 33 heavy (non-hydrogen) atoms. The van der Waals surface area contributed by atoms with E-state index < -0.39 is 6.04 Å². The summed E-state index contributed by atoms with van der Waals surface area (Å²) in [6.07, 6.45) is 0.795. The molecule has 2 amide bonds. The third kappa shape index (κ3) is 7.59. The number of carbonyl (C=O) groups is 2. The molecule has 0 aliphatic rings. The standard InChI is InChI=1S/C25H34N2O6/c1-7-17(2)26-25(29)18(3)27(15-19-9-8-10-20(11-19)30-4)24(28)16-33-23-13-21(31-5)12-22(14-23)32-6/h8-14,17-18H,7,15-16H2,1-6H3,(H,26,29)/t17-,18+/m1/s1. The van der Waals surface area contributed by atoms with E-state index in [1.165, 1.54) is 19.1 Å². The van der Waals surface area contributed by atoms with Crippen LogP contribution in [0.25, 0.3) is 0 Å². The molecule has 0 bridgehead atoms. The van der Waals surface area contributed by atoms with E-state index in [9.17, 15) is 9.59 Å². The fourth-order valence-electron chi connectivity index (χ4n) is 3.11. The van der Waals surface area contributed by atoms with E-state index in [1.54, 1.807) is 32.2 Å². The van der Waals surface area contributed by atoms with E-state index in [-0.39, 0.29) is 31.0 Å². The van der Waals surface area contributed by atoms with Crippen molar-refractivity contribution >= 4 is 11.8 Å². The van der Waals surface area contributed by atoms with E-state index >= 15 is 0 Å². The highest BCUT2D eigenvalue weighted by Gasteiger charge is 2.27. The normalized spacial score (nSPS) is 12.3. The number of ether oxygens (including phenoxy) is 4. The first kappa shape index (κ1) is 25.8. The Morgan fingerprint density at radius 3 is 2.09 bits per heavy atom. The Bertz CT molecular complexity index is 911. The lowest BCUT2D eigenvalue weighted by atomic mass is 10.1. The molecule has 1 N–H and O–H groups in total. The molecule has 8 heteroatoms. The lowest BCUT2D eigenvalue weighted by Gasteiger charge is -2.29. The Hall–Kier alpha value is -3.42. The van der Waals surface area contributed by atoms with Gasteiger partial charge in [-0.25, -0.2) is 0 Å². The van der Waals surface area contributed by atoms with Crippen molar-refractivity contribution in [3.63, 3.8) is 0 Å². The maximum absolute atomic E-state index is 13.2. The van der Waals surface area contributed by atoms with Crippen molar-refractivity contribution in [3.8, 4) is 23.0 Å². The first-order chi connectivity index (χ1) is 15.8. The molecule has 0 saturated carbocycles. The minimum absolute atomic E-state index is 0.00854. The monoisotopic (exact) mass is 458 g/mol. The molecule has 2 atom stereocenters. The number of hydrogen-bond acceptors (Lipinski definition) is 6. The predicted octanol–water partition coefficient (Wildman–Crippen LogP) is 3.42. The van der Waals surface area contributed by atoms with Crippen LogP contribution in [-0.4, -0.2) is 56.7 Å². The van der Waals surface area contributed by atoms with Gasteiger partial charge >= 0.3 is 0 Å². The summed E-state index contributed by atoms with van der Waals surface area (Å²) >= 11 is 0. The van der Waals surface area contributed by atoms with E-state index in [0.717, 1.165) is 12.0 Å². The number of rotatable bonds is 12. The fraction of sp³-hybridized carbons (Fsp3) is 0.440. The van der Waals surface area contributed by atoms with Gasteiger partial charge in [-0.1, -0.05) is 19.1 Å². The SMILES string of the molecule is CC[C@@H](C)NC(=O)[C@H](C)N(Cc1cccc(OC)c1)C(=O)COc1cc(OC)cc(OC)c1. The van der Waals surface area contributed by atoms with Gasteiger partial charge in [-0.15, -0.1) is 0 Å². The molecule has 180 valence electrons. The number of nitrogens with one attached hydrogen (secondary N) is 1. The number of nitrogens with zero attached hydrogens (tertiary/aromatic N) is 1. The summed E-state index contributed by atoms with van der Waals surface area (Å²) in [6, 6.07) is 11.8. The molecule has 2 aromatic rings. The van der Waals surface area contributed by atoms with E-state index in [0.29, 0.717) is 23.0 Å². The van der Waals surface area contributed by atoms with Crippen molar-refractivity contribution < 1.29 is 28.5 Å². The first-order valence-corrected chi connectivity index (χ1v) is 10.9. The van der Waals surface area contributed by atoms with Gasteiger partial charge in [0.05, 0.1) is 21.3 Å². The molecule has 0 aliphatic carbocycles. The number of benzene rings is 2. The van der Waals surface area contributed by atoms with Crippen LogP contribution in [0.5, 0.6) is 23.0 Å². The topological polar surface area (TPSA) is 86.3 Å². The van der Waals surface area contributed by atoms with Gasteiger partial charge in [0.15, 0.2) is 6.61 Å². The molecule has 0 spiro atoms. The lowest BCUT2D eigenvalue weighted by Crippen LogP contribution is -2.50. The summed E-state index contributed by atoms with van der Waals surface area (Å²) in [6.45, 7) is 5.62. The summed E-state index contributed by atoms with van der Waals surface area (Å²) in [5.41, 5.74) is 0.842. The Labute approximate surface area is 195 Å². The van der Waals surface area contributed by atoms with E-state index in [2.05, 4.69) is 5.32 Å². The smallest absolute Gasteiger partial charge is 0.261 e. The summed E-state index contributed by atoms with van der Waals surface area (Å²) in [5.74, 6) is 1.65. The zero-order chi connectivity index (χ0) is 24.4. The molecule has 0 saturated heterocycles. The molecule has 0 aromatic heterocycles. The lowest BCUT2D eigenvalue weighted by molar-refractivity contribution is -0.142. The van der Waals surface area contributed by atoms with Crippen molar-refractivity contribution in [2.24, 2.45) is 0 Å². The second kappa shape index (κ2) is 12.6. The first-order valence-electron chi connectivity index (χ1n) is 10.9. The Morgan fingerprint density at radius 2 is 1.52 bits per heavy atom. The molecule has 2 rings (SSSR count). The largest absolute Gasteiger partial charge is 0.497 e. The van der Waals surface area contributed by atoms with Crippen LogP contribution >= 0.6 is 0 Å². The van der Waals surface area contributed by atoms with Gasteiger partial charge in [0.1, 0.15) is 29.0 Å². The molecule has 0 aliphatic heterocycles. The molecule has 2 aromatic carbocycles. The van der Waals surface area contributed by atoms with Crippen LogP contribution in [0, 0.1) is 0 Å². The second-order valence-corrected chi connectivity index (χ2v) is 7.70. The third-order valence-corrected chi connectivity index (χ3v) is 5.34. The minimum atomic E-state index is -0.693. The summed E-state index contributed by atoms with van der Waals surface area (Å²) < 4.78 is 21.5.